The Morgan fingerprint density at radius 1 is 1.33 bits per heavy atom. The summed E-state index contributed by atoms with van der Waals surface area (Å²) < 4.78 is 1.10. The molecule has 5 heteroatoms. The molecule has 2 nitrogen and oxygen atoms in total. The van der Waals surface area contributed by atoms with E-state index in [9.17, 15) is 0 Å². The zero-order chi connectivity index (χ0) is 13.0. The van der Waals surface area contributed by atoms with Crippen molar-refractivity contribution in [2.45, 2.75) is 22.9 Å². The monoisotopic (exact) mass is 386 g/mol. The molecule has 18 heavy (non-hydrogen) atoms. The van der Waals surface area contributed by atoms with Crippen molar-refractivity contribution in [3.8, 4) is 0 Å². The van der Waals surface area contributed by atoms with Crippen molar-refractivity contribution in [2.75, 3.05) is 0 Å². The Hall–Kier alpha value is -0.390. The highest BCUT2D eigenvalue weighted by atomic mass is 79.9. The van der Waals surface area contributed by atoms with Crippen LogP contribution in [-0.4, -0.2) is 9.97 Å². The minimum absolute atomic E-state index is 0.774. The molecule has 2 aromatic rings. The maximum Gasteiger partial charge on any atom is 0.138 e. The van der Waals surface area contributed by atoms with Crippen molar-refractivity contribution in [2.24, 2.45) is 0 Å². The van der Waals surface area contributed by atoms with Gasteiger partial charge in [-0.2, -0.15) is 0 Å². The van der Waals surface area contributed by atoms with Crippen molar-refractivity contribution in [1.82, 2.24) is 9.97 Å². The van der Waals surface area contributed by atoms with Gasteiger partial charge in [-0.05, 0) is 30.7 Å². The van der Waals surface area contributed by atoms with E-state index in [2.05, 4.69) is 54.0 Å². The van der Waals surface area contributed by atoms with E-state index >= 15 is 0 Å². The lowest BCUT2D eigenvalue weighted by molar-refractivity contribution is 0.967. The standard InChI is InChI=1S/C13H12Br2N2S/c1-9-7-16-13(17-12(9)6-14)8-18-11-4-2-3-10(15)5-11/h2-5,7H,6,8H2,1H3. The van der Waals surface area contributed by atoms with Gasteiger partial charge in [0.2, 0.25) is 0 Å². The van der Waals surface area contributed by atoms with E-state index in [0.29, 0.717) is 0 Å². The third-order valence-corrected chi connectivity index (χ3v) is 4.43. The Labute approximate surface area is 128 Å². The van der Waals surface area contributed by atoms with Gasteiger partial charge in [0, 0.05) is 20.9 Å². The number of alkyl halides is 1. The summed E-state index contributed by atoms with van der Waals surface area (Å²) in [6.45, 7) is 2.03. The smallest absolute Gasteiger partial charge is 0.138 e. The zero-order valence-corrected chi connectivity index (χ0v) is 13.8. The number of rotatable bonds is 4. The van der Waals surface area contributed by atoms with E-state index in [1.54, 1.807) is 11.8 Å². The van der Waals surface area contributed by atoms with Crippen LogP contribution < -0.4 is 0 Å². The highest BCUT2D eigenvalue weighted by Gasteiger charge is 2.04. The third-order valence-electron chi connectivity index (χ3n) is 2.42. The van der Waals surface area contributed by atoms with Gasteiger partial charge in [0.1, 0.15) is 5.82 Å². The van der Waals surface area contributed by atoms with Gasteiger partial charge in [0.15, 0.2) is 0 Å². The minimum Gasteiger partial charge on any atom is -0.240 e. The van der Waals surface area contributed by atoms with Gasteiger partial charge >= 0.3 is 0 Å². The van der Waals surface area contributed by atoms with Gasteiger partial charge in [0.05, 0.1) is 11.4 Å². The van der Waals surface area contributed by atoms with E-state index in [0.717, 1.165) is 32.6 Å². The first-order valence-corrected chi connectivity index (χ1v) is 8.35. The van der Waals surface area contributed by atoms with E-state index < -0.39 is 0 Å². The predicted octanol–water partition coefficient (Wildman–Crippen LogP) is 4.73. The fourth-order valence-electron chi connectivity index (χ4n) is 1.43. The topological polar surface area (TPSA) is 25.8 Å². The minimum atomic E-state index is 0.774. The van der Waals surface area contributed by atoms with Crippen molar-refractivity contribution in [1.29, 1.82) is 0 Å². The quantitative estimate of drug-likeness (QED) is 0.559. The highest BCUT2D eigenvalue weighted by Crippen LogP contribution is 2.24. The van der Waals surface area contributed by atoms with Gasteiger partial charge in [0.25, 0.3) is 0 Å². The van der Waals surface area contributed by atoms with Crippen molar-refractivity contribution >= 4 is 43.6 Å². The fraction of sp³-hybridized carbons (Fsp3) is 0.231. The molecule has 1 heterocycles. The Bertz CT molecular complexity index is 546. The van der Waals surface area contributed by atoms with Gasteiger partial charge in [-0.15, -0.1) is 11.8 Å². The second-order valence-corrected chi connectivity index (χ2v) is 6.32. The van der Waals surface area contributed by atoms with Gasteiger partial charge in [-0.1, -0.05) is 37.9 Å². The number of aryl methyl sites for hydroxylation is 1. The number of halogens is 2. The highest BCUT2D eigenvalue weighted by molar-refractivity contribution is 9.10. The number of nitrogens with zero attached hydrogens (tertiary/aromatic N) is 2. The SMILES string of the molecule is Cc1cnc(CSc2cccc(Br)c2)nc1CBr. The van der Waals surface area contributed by atoms with Crippen LogP contribution in [0.3, 0.4) is 0 Å². The number of thioether (sulfide) groups is 1. The number of benzene rings is 1. The van der Waals surface area contributed by atoms with Crippen LogP contribution in [0.2, 0.25) is 0 Å². The predicted molar refractivity (Wildman–Crippen MR) is 83.1 cm³/mol. The van der Waals surface area contributed by atoms with Crippen LogP contribution in [-0.2, 0) is 11.1 Å². The van der Waals surface area contributed by atoms with Crippen LogP contribution in [0.5, 0.6) is 0 Å². The molecule has 1 aromatic carbocycles. The van der Waals surface area contributed by atoms with Crippen molar-refractivity contribution < 1.29 is 0 Å². The summed E-state index contributed by atoms with van der Waals surface area (Å²) in [7, 11) is 0. The number of hydrogen-bond acceptors (Lipinski definition) is 3. The number of hydrogen-bond donors (Lipinski definition) is 0. The van der Waals surface area contributed by atoms with Crippen molar-refractivity contribution in [3.05, 3.63) is 52.0 Å². The molecule has 0 fully saturated rings. The first-order valence-electron chi connectivity index (χ1n) is 5.45. The Balaban J connectivity index is 2.06. The van der Waals surface area contributed by atoms with Crippen LogP contribution in [0.15, 0.2) is 39.8 Å². The first-order chi connectivity index (χ1) is 8.69. The third kappa shape index (κ3) is 3.80. The van der Waals surface area contributed by atoms with Gasteiger partial charge in [-0.25, -0.2) is 9.97 Å². The number of aromatic nitrogens is 2. The second kappa shape index (κ2) is 6.68. The molecule has 0 radical (unpaired) electrons. The Morgan fingerprint density at radius 3 is 2.89 bits per heavy atom. The summed E-state index contributed by atoms with van der Waals surface area (Å²) in [5, 5.41) is 0.774. The lowest BCUT2D eigenvalue weighted by Gasteiger charge is -2.05. The van der Waals surface area contributed by atoms with Crippen LogP contribution in [0.25, 0.3) is 0 Å². The van der Waals surface area contributed by atoms with Crippen LogP contribution in [0.1, 0.15) is 17.1 Å². The second-order valence-electron chi connectivity index (χ2n) is 3.80. The molecule has 0 bridgehead atoms. The molecular formula is C13H12Br2N2S. The molecule has 0 unspecified atom stereocenters. The molecule has 0 saturated heterocycles. The molecule has 0 saturated carbocycles. The summed E-state index contributed by atoms with van der Waals surface area (Å²) in [5.74, 6) is 1.66. The van der Waals surface area contributed by atoms with E-state index in [-0.39, 0.29) is 0 Å². The summed E-state index contributed by atoms with van der Waals surface area (Å²) >= 11 is 8.66. The van der Waals surface area contributed by atoms with Gasteiger partial charge in [-0.3, -0.25) is 0 Å². The molecule has 2 rings (SSSR count). The average molecular weight is 388 g/mol. The zero-order valence-electron chi connectivity index (χ0n) is 9.86. The van der Waals surface area contributed by atoms with E-state index in [1.165, 1.54) is 4.90 Å². The lowest BCUT2D eigenvalue weighted by Crippen LogP contribution is -1.98. The van der Waals surface area contributed by atoms with Crippen LogP contribution >= 0.6 is 43.6 Å². The maximum absolute atomic E-state index is 4.54. The summed E-state index contributed by atoms with van der Waals surface area (Å²) in [5.41, 5.74) is 2.19. The molecule has 1 aromatic heterocycles. The fourth-order valence-corrected chi connectivity index (χ4v) is 3.37. The molecule has 0 aliphatic rings. The molecule has 0 aliphatic carbocycles. The van der Waals surface area contributed by atoms with Crippen molar-refractivity contribution in [3.63, 3.8) is 0 Å². The first kappa shape index (κ1) is 14.0. The molecule has 0 N–H and O–H groups in total. The molecule has 0 spiro atoms. The molecule has 94 valence electrons. The maximum atomic E-state index is 4.54. The Kier molecular flexibility index (Phi) is 5.21. The molecular weight excluding hydrogens is 376 g/mol. The summed E-state index contributed by atoms with van der Waals surface area (Å²) in [6.07, 6.45) is 1.89. The summed E-state index contributed by atoms with van der Waals surface area (Å²) in [4.78, 5) is 10.1. The molecule has 0 aliphatic heterocycles. The van der Waals surface area contributed by atoms with E-state index in [4.69, 9.17) is 0 Å². The largest absolute Gasteiger partial charge is 0.240 e. The van der Waals surface area contributed by atoms with Crippen LogP contribution in [0.4, 0.5) is 0 Å². The normalized spacial score (nSPS) is 10.6. The lowest BCUT2D eigenvalue weighted by atomic mass is 10.3. The Morgan fingerprint density at radius 2 is 2.17 bits per heavy atom. The molecule has 0 atom stereocenters. The average Bonchev–Trinajstić information content (AvgIpc) is 2.38. The van der Waals surface area contributed by atoms with Gasteiger partial charge < -0.3 is 0 Å². The van der Waals surface area contributed by atoms with E-state index in [1.807, 2.05) is 25.3 Å². The molecule has 0 amide bonds. The van der Waals surface area contributed by atoms with Crippen LogP contribution in [0, 0.1) is 6.92 Å². The summed E-state index contributed by atoms with van der Waals surface area (Å²) in [6, 6.07) is 8.25.